The molecule has 5 heteroatoms. The number of carbonyl (C=O) groups is 1. The minimum absolute atomic E-state index is 0.00862. The molecule has 0 radical (unpaired) electrons. The highest BCUT2D eigenvalue weighted by Crippen LogP contribution is 2.21. The average molecular weight is 301 g/mol. The van der Waals surface area contributed by atoms with Gasteiger partial charge in [0.1, 0.15) is 11.3 Å². The minimum atomic E-state index is -0.550. The molecule has 0 saturated carbocycles. The summed E-state index contributed by atoms with van der Waals surface area (Å²) in [4.78, 5) is 25.5. The van der Waals surface area contributed by atoms with Gasteiger partial charge in [-0.25, -0.2) is 4.79 Å². The molecule has 3 rings (SSSR count). The SMILES string of the molecule is C[C@@H](Oc1ccc2ccc(=O)oc2c1)C(=O)N1CCCCC1. The Morgan fingerprint density at radius 2 is 1.91 bits per heavy atom. The van der Waals surface area contributed by atoms with Gasteiger partial charge in [-0.05, 0) is 44.4 Å². The fourth-order valence-electron chi connectivity index (χ4n) is 2.74. The first-order valence-electron chi connectivity index (χ1n) is 7.63. The molecule has 116 valence electrons. The molecule has 0 spiro atoms. The van der Waals surface area contributed by atoms with Crippen molar-refractivity contribution in [1.29, 1.82) is 0 Å². The van der Waals surface area contributed by atoms with E-state index in [1.165, 1.54) is 12.5 Å². The molecule has 22 heavy (non-hydrogen) atoms. The molecule has 0 unspecified atom stereocenters. The molecule has 1 fully saturated rings. The predicted octanol–water partition coefficient (Wildman–Crippen LogP) is 2.57. The van der Waals surface area contributed by atoms with E-state index in [0.29, 0.717) is 11.3 Å². The van der Waals surface area contributed by atoms with Gasteiger partial charge in [-0.3, -0.25) is 4.79 Å². The van der Waals surface area contributed by atoms with E-state index in [0.717, 1.165) is 31.3 Å². The lowest BCUT2D eigenvalue weighted by Gasteiger charge is -2.29. The van der Waals surface area contributed by atoms with Crippen LogP contribution in [0.15, 0.2) is 39.5 Å². The first-order chi connectivity index (χ1) is 10.6. The largest absolute Gasteiger partial charge is 0.481 e. The lowest BCUT2D eigenvalue weighted by atomic mass is 10.1. The van der Waals surface area contributed by atoms with Gasteiger partial charge in [0.05, 0.1) is 0 Å². The molecule has 1 atom stereocenters. The number of rotatable bonds is 3. The molecule has 1 aromatic carbocycles. The first-order valence-corrected chi connectivity index (χ1v) is 7.63. The Labute approximate surface area is 128 Å². The number of fused-ring (bicyclic) bond motifs is 1. The standard InChI is InChI=1S/C17H19NO4/c1-12(17(20)18-9-3-2-4-10-18)21-14-7-5-13-6-8-16(19)22-15(13)11-14/h5-8,11-12H,2-4,9-10H2,1H3/t12-/m1/s1. The van der Waals surface area contributed by atoms with Gasteiger partial charge < -0.3 is 14.1 Å². The summed E-state index contributed by atoms with van der Waals surface area (Å²) in [5.41, 5.74) is 0.0599. The Morgan fingerprint density at radius 1 is 1.18 bits per heavy atom. The molecular formula is C17H19NO4. The second-order valence-electron chi connectivity index (χ2n) is 5.60. The van der Waals surface area contributed by atoms with Gasteiger partial charge >= 0.3 is 5.63 Å². The molecule has 0 bridgehead atoms. The Bertz CT molecular complexity index is 731. The van der Waals surface area contributed by atoms with Gasteiger partial charge in [0.15, 0.2) is 6.10 Å². The van der Waals surface area contributed by atoms with Gasteiger partial charge in [0, 0.05) is 30.6 Å². The third kappa shape index (κ3) is 3.13. The maximum absolute atomic E-state index is 12.3. The van der Waals surface area contributed by atoms with Crippen LogP contribution in [0.25, 0.3) is 11.0 Å². The Morgan fingerprint density at radius 3 is 2.68 bits per heavy atom. The van der Waals surface area contributed by atoms with Gasteiger partial charge in [-0.15, -0.1) is 0 Å². The number of hydrogen-bond donors (Lipinski definition) is 0. The summed E-state index contributed by atoms with van der Waals surface area (Å²) in [5.74, 6) is 0.536. The van der Waals surface area contributed by atoms with E-state index in [4.69, 9.17) is 9.15 Å². The lowest BCUT2D eigenvalue weighted by Crippen LogP contribution is -2.43. The highest BCUT2D eigenvalue weighted by molar-refractivity contribution is 5.81. The van der Waals surface area contributed by atoms with Crippen LogP contribution in [0.4, 0.5) is 0 Å². The van der Waals surface area contributed by atoms with E-state index in [2.05, 4.69) is 0 Å². The summed E-state index contributed by atoms with van der Waals surface area (Å²) in [6, 6.07) is 8.32. The van der Waals surface area contributed by atoms with Crippen LogP contribution in [-0.2, 0) is 4.79 Å². The number of likely N-dealkylation sites (tertiary alicyclic amines) is 1. The number of nitrogens with zero attached hydrogens (tertiary/aromatic N) is 1. The van der Waals surface area contributed by atoms with E-state index in [-0.39, 0.29) is 5.91 Å². The van der Waals surface area contributed by atoms with E-state index < -0.39 is 11.7 Å². The van der Waals surface area contributed by atoms with E-state index >= 15 is 0 Å². The van der Waals surface area contributed by atoms with Crippen molar-refractivity contribution in [2.24, 2.45) is 0 Å². The first kappa shape index (κ1) is 14.6. The molecule has 1 amide bonds. The highest BCUT2D eigenvalue weighted by atomic mass is 16.5. The molecule has 0 N–H and O–H groups in total. The second-order valence-corrected chi connectivity index (χ2v) is 5.60. The minimum Gasteiger partial charge on any atom is -0.481 e. The molecular weight excluding hydrogens is 282 g/mol. The van der Waals surface area contributed by atoms with Crippen LogP contribution < -0.4 is 10.4 Å². The second kappa shape index (κ2) is 6.22. The lowest BCUT2D eigenvalue weighted by molar-refractivity contribution is -0.138. The molecule has 1 saturated heterocycles. The van der Waals surface area contributed by atoms with E-state index in [1.807, 2.05) is 11.0 Å². The van der Waals surface area contributed by atoms with Crippen molar-refractivity contribution in [3.8, 4) is 5.75 Å². The molecule has 5 nitrogen and oxygen atoms in total. The van der Waals surface area contributed by atoms with Crippen molar-refractivity contribution in [1.82, 2.24) is 4.90 Å². The number of amides is 1. The molecule has 2 aromatic rings. The summed E-state index contributed by atoms with van der Waals surface area (Å²) >= 11 is 0. The average Bonchev–Trinajstić information content (AvgIpc) is 2.54. The third-order valence-corrected chi connectivity index (χ3v) is 3.92. The van der Waals surface area contributed by atoms with Crippen LogP contribution >= 0.6 is 0 Å². The van der Waals surface area contributed by atoms with Crippen LogP contribution in [0.2, 0.25) is 0 Å². The zero-order chi connectivity index (χ0) is 15.5. The monoisotopic (exact) mass is 301 g/mol. The van der Waals surface area contributed by atoms with Gasteiger partial charge in [-0.2, -0.15) is 0 Å². The third-order valence-electron chi connectivity index (χ3n) is 3.92. The number of hydrogen-bond acceptors (Lipinski definition) is 4. The molecule has 1 aromatic heterocycles. The van der Waals surface area contributed by atoms with Crippen LogP contribution in [0.3, 0.4) is 0 Å². The fourth-order valence-corrected chi connectivity index (χ4v) is 2.74. The summed E-state index contributed by atoms with van der Waals surface area (Å²) in [6.45, 7) is 3.36. The molecule has 0 aliphatic carbocycles. The number of ether oxygens (including phenoxy) is 1. The van der Waals surface area contributed by atoms with Crippen molar-refractivity contribution >= 4 is 16.9 Å². The number of carbonyl (C=O) groups excluding carboxylic acids is 1. The van der Waals surface area contributed by atoms with Crippen LogP contribution in [0.1, 0.15) is 26.2 Å². The summed E-state index contributed by atoms with van der Waals surface area (Å²) in [7, 11) is 0. The molecule has 2 heterocycles. The van der Waals surface area contributed by atoms with Gasteiger partial charge in [0.25, 0.3) is 5.91 Å². The maximum Gasteiger partial charge on any atom is 0.336 e. The molecule has 1 aliphatic heterocycles. The van der Waals surface area contributed by atoms with Crippen molar-refractivity contribution in [3.63, 3.8) is 0 Å². The highest BCUT2D eigenvalue weighted by Gasteiger charge is 2.23. The zero-order valence-electron chi connectivity index (χ0n) is 12.6. The zero-order valence-corrected chi connectivity index (χ0v) is 12.6. The Kier molecular flexibility index (Phi) is 4.13. The number of piperidine rings is 1. The summed E-state index contributed by atoms with van der Waals surface area (Å²) in [5, 5.41) is 0.821. The smallest absolute Gasteiger partial charge is 0.336 e. The van der Waals surface area contributed by atoms with Crippen molar-refractivity contribution in [2.45, 2.75) is 32.3 Å². The van der Waals surface area contributed by atoms with Crippen molar-refractivity contribution < 1.29 is 13.9 Å². The van der Waals surface area contributed by atoms with Gasteiger partial charge in [-0.1, -0.05) is 0 Å². The predicted molar refractivity (Wildman–Crippen MR) is 83.0 cm³/mol. The van der Waals surface area contributed by atoms with Crippen LogP contribution in [0.5, 0.6) is 5.75 Å². The van der Waals surface area contributed by atoms with Crippen LogP contribution in [-0.4, -0.2) is 30.0 Å². The quantitative estimate of drug-likeness (QED) is 0.818. The topological polar surface area (TPSA) is 59.8 Å². The van der Waals surface area contributed by atoms with Crippen molar-refractivity contribution in [2.75, 3.05) is 13.1 Å². The Balaban J connectivity index is 1.74. The van der Waals surface area contributed by atoms with E-state index in [9.17, 15) is 9.59 Å². The Hall–Kier alpha value is -2.30. The maximum atomic E-state index is 12.3. The van der Waals surface area contributed by atoms with Gasteiger partial charge in [0.2, 0.25) is 0 Å². The number of benzene rings is 1. The molecule has 1 aliphatic rings. The fraction of sp³-hybridized carbons (Fsp3) is 0.412. The summed E-state index contributed by atoms with van der Waals surface area (Å²) in [6.07, 6.45) is 2.74. The summed E-state index contributed by atoms with van der Waals surface area (Å²) < 4.78 is 10.9. The van der Waals surface area contributed by atoms with Crippen molar-refractivity contribution in [3.05, 3.63) is 40.8 Å². The van der Waals surface area contributed by atoms with E-state index in [1.54, 1.807) is 25.1 Å². The normalized spacial score (nSPS) is 16.5. The van der Waals surface area contributed by atoms with Crippen LogP contribution in [0, 0.1) is 0 Å².